The summed E-state index contributed by atoms with van der Waals surface area (Å²) in [7, 11) is 0. The monoisotopic (exact) mass is 290 g/mol. The molecule has 0 aliphatic carbocycles. The van der Waals surface area contributed by atoms with E-state index in [1.807, 2.05) is 12.1 Å². The van der Waals surface area contributed by atoms with Gasteiger partial charge in [-0.1, -0.05) is 55.1 Å². The van der Waals surface area contributed by atoms with Gasteiger partial charge in [-0.05, 0) is 52.4 Å². The number of carboxylic acids is 1. The van der Waals surface area contributed by atoms with E-state index in [0.717, 1.165) is 12.8 Å². The molecule has 0 saturated carbocycles. The van der Waals surface area contributed by atoms with Crippen molar-refractivity contribution in [1.82, 2.24) is 0 Å². The predicted octanol–water partition coefficient (Wildman–Crippen LogP) is 4.96. The van der Waals surface area contributed by atoms with Gasteiger partial charge >= 0.3 is 5.97 Å². The van der Waals surface area contributed by atoms with E-state index in [4.69, 9.17) is 5.11 Å². The van der Waals surface area contributed by atoms with Crippen molar-refractivity contribution in [2.75, 3.05) is 0 Å². The number of aryl methyl sites for hydroxylation is 1. The van der Waals surface area contributed by atoms with Crippen LogP contribution in [0.5, 0.6) is 0 Å². The molecule has 0 aromatic heterocycles. The van der Waals surface area contributed by atoms with E-state index in [-0.39, 0.29) is 5.57 Å². The highest BCUT2D eigenvalue weighted by Crippen LogP contribution is 2.29. The molecule has 3 rings (SSSR count). The standard InChI is InChI=1S/C20H18O2/c1-14(20(21)22)7-6-12-19-17-10-4-2-8-15(17)13-16-9-3-5-11-18(16)19/h2-5,8-11,13H,1,6-7,12H2,(H,21,22). The second-order valence-electron chi connectivity index (χ2n) is 5.56. The van der Waals surface area contributed by atoms with Crippen LogP contribution in [0.2, 0.25) is 0 Å². The molecule has 110 valence electrons. The SMILES string of the molecule is C=C(CCCc1c2ccccc2cc2ccccc12)C(=O)O. The zero-order chi connectivity index (χ0) is 15.5. The Morgan fingerprint density at radius 3 is 2.05 bits per heavy atom. The molecule has 0 spiro atoms. The van der Waals surface area contributed by atoms with Gasteiger partial charge < -0.3 is 5.11 Å². The molecule has 0 aliphatic heterocycles. The van der Waals surface area contributed by atoms with Crippen LogP contribution >= 0.6 is 0 Å². The predicted molar refractivity (Wildman–Crippen MR) is 91.2 cm³/mol. The largest absolute Gasteiger partial charge is 0.478 e. The van der Waals surface area contributed by atoms with E-state index in [9.17, 15) is 4.79 Å². The third kappa shape index (κ3) is 2.73. The molecule has 0 fully saturated rings. The van der Waals surface area contributed by atoms with Crippen molar-refractivity contribution in [1.29, 1.82) is 0 Å². The van der Waals surface area contributed by atoms with Crippen LogP contribution in [0.25, 0.3) is 21.5 Å². The average molecular weight is 290 g/mol. The molecule has 0 saturated heterocycles. The highest BCUT2D eigenvalue weighted by atomic mass is 16.4. The number of carboxylic acid groups (broad SMARTS) is 1. The summed E-state index contributed by atoms with van der Waals surface area (Å²) in [4.78, 5) is 10.9. The van der Waals surface area contributed by atoms with Crippen LogP contribution in [0.1, 0.15) is 18.4 Å². The molecular formula is C20H18O2. The summed E-state index contributed by atoms with van der Waals surface area (Å²) in [5.41, 5.74) is 1.58. The Hall–Kier alpha value is -2.61. The lowest BCUT2D eigenvalue weighted by Gasteiger charge is -2.11. The van der Waals surface area contributed by atoms with E-state index >= 15 is 0 Å². The van der Waals surface area contributed by atoms with Crippen molar-refractivity contribution in [2.24, 2.45) is 0 Å². The topological polar surface area (TPSA) is 37.3 Å². The van der Waals surface area contributed by atoms with Crippen molar-refractivity contribution in [2.45, 2.75) is 19.3 Å². The lowest BCUT2D eigenvalue weighted by atomic mass is 9.93. The quantitative estimate of drug-likeness (QED) is 0.533. The number of aliphatic carboxylic acids is 1. The number of hydrogen-bond donors (Lipinski definition) is 1. The molecule has 3 aromatic carbocycles. The van der Waals surface area contributed by atoms with E-state index < -0.39 is 5.97 Å². The molecule has 22 heavy (non-hydrogen) atoms. The van der Waals surface area contributed by atoms with E-state index in [2.05, 4.69) is 49.0 Å². The molecule has 0 amide bonds. The van der Waals surface area contributed by atoms with Crippen molar-refractivity contribution in [3.05, 3.63) is 72.3 Å². The van der Waals surface area contributed by atoms with Gasteiger partial charge in [0.15, 0.2) is 0 Å². The van der Waals surface area contributed by atoms with Crippen molar-refractivity contribution in [3.63, 3.8) is 0 Å². The van der Waals surface area contributed by atoms with Gasteiger partial charge in [0.2, 0.25) is 0 Å². The minimum atomic E-state index is -0.900. The average Bonchev–Trinajstić information content (AvgIpc) is 2.53. The number of rotatable bonds is 5. The maximum absolute atomic E-state index is 10.9. The first kappa shape index (κ1) is 14.3. The summed E-state index contributed by atoms with van der Waals surface area (Å²) in [6.45, 7) is 3.61. The normalized spacial score (nSPS) is 10.9. The van der Waals surface area contributed by atoms with Crippen LogP contribution in [-0.2, 0) is 11.2 Å². The number of hydrogen-bond acceptors (Lipinski definition) is 1. The van der Waals surface area contributed by atoms with Gasteiger partial charge in [-0.3, -0.25) is 0 Å². The molecule has 0 heterocycles. The van der Waals surface area contributed by atoms with E-state index in [1.165, 1.54) is 27.1 Å². The maximum atomic E-state index is 10.9. The maximum Gasteiger partial charge on any atom is 0.330 e. The van der Waals surface area contributed by atoms with Gasteiger partial charge in [-0.25, -0.2) is 4.79 Å². The Bertz CT molecular complexity index is 808. The van der Waals surface area contributed by atoms with Crippen LogP contribution in [-0.4, -0.2) is 11.1 Å². The van der Waals surface area contributed by atoms with Crippen LogP contribution in [0, 0.1) is 0 Å². The van der Waals surface area contributed by atoms with Crippen LogP contribution in [0.4, 0.5) is 0 Å². The molecule has 1 N–H and O–H groups in total. The molecule has 2 heteroatoms. The minimum absolute atomic E-state index is 0.282. The first-order chi connectivity index (χ1) is 10.7. The van der Waals surface area contributed by atoms with E-state index in [0.29, 0.717) is 6.42 Å². The molecule has 0 atom stereocenters. The summed E-state index contributed by atoms with van der Waals surface area (Å²) in [6.07, 6.45) is 2.17. The highest BCUT2D eigenvalue weighted by molar-refractivity contribution is 6.02. The smallest absolute Gasteiger partial charge is 0.330 e. The Balaban J connectivity index is 2.01. The third-order valence-corrected chi connectivity index (χ3v) is 4.09. The molecule has 0 bridgehead atoms. The number of fused-ring (bicyclic) bond motifs is 2. The summed E-state index contributed by atoms with van der Waals surface area (Å²) < 4.78 is 0. The van der Waals surface area contributed by atoms with Gasteiger partial charge in [0.25, 0.3) is 0 Å². The van der Waals surface area contributed by atoms with Gasteiger partial charge in [-0.2, -0.15) is 0 Å². The fourth-order valence-electron chi connectivity index (χ4n) is 2.96. The molecule has 2 nitrogen and oxygen atoms in total. The summed E-state index contributed by atoms with van der Waals surface area (Å²) in [5.74, 6) is -0.900. The molecule has 3 aromatic rings. The van der Waals surface area contributed by atoms with Crippen LogP contribution < -0.4 is 0 Å². The second-order valence-corrected chi connectivity index (χ2v) is 5.56. The van der Waals surface area contributed by atoms with Crippen LogP contribution in [0.15, 0.2) is 66.7 Å². The summed E-state index contributed by atoms with van der Waals surface area (Å²) in [6, 6.07) is 19.0. The minimum Gasteiger partial charge on any atom is -0.478 e. The fraction of sp³-hybridized carbons (Fsp3) is 0.150. The number of carbonyl (C=O) groups is 1. The lowest BCUT2D eigenvalue weighted by molar-refractivity contribution is -0.132. The van der Waals surface area contributed by atoms with Crippen LogP contribution in [0.3, 0.4) is 0 Å². The molecule has 0 radical (unpaired) electrons. The van der Waals surface area contributed by atoms with Gasteiger partial charge in [-0.15, -0.1) is 0 Å². The first-order valence-corrected chi connectivity index (χ1v) is 7.47. The van der Waals surface area contributed by atoms with Crippen molar-refractivity contribution >= 4 is 27.5 Å². The Morgan fingerprint density at radius 2 is 1.50 bits per heavy atom. The lowest BCUT2D eigenvalue weighted by Crippen LogP contribution is -2.00. The van der Waals surface area contributed by atoms with Crippen molar-refractivity contribution < 1.29 is 9.90 Å². The van der Waals surface area contributed by atoms with Gasteiger partial charge in [0, 0.05) is 5.57 Å². The fourth-order valence-corrected chi connectivity index (χ4v) is 2.96. The van der Waals surface area contributed by atoms with Gasteiger partial charge in [0.1, 0.15) is 0 Å². The summed E-state index contributed by atoms with van der Waals surface area (Å²) >= 11 is 0. The summed E-state index contributed by atoms with van der Waals surface area (Å²) in [5, 5.41) is 13.9. The zero-order valence-corrected chi connectivity index (χ0v) is 12.4. The molecule has 0 unspecified atom stereocenters. The third-order valence-electron chi connectivity index (χ3n) is 4.09. The zero-order valence-electron chi connectivity index (χ0n) is 12.4. The Morgan fingerprint density at radius 1 is 0.955 bits per heavy atom. The first-order valence-electron chi connectivity index (χ1n) is 7.47. The highest BCUT2D eigenvalue weighted by Gasteiger charge is 2.09. The Kier molecular flexibility index (Phi) is 3.92. The van der Waals surface area contributed by atoms with E-state index in [1.54, 1.807) is 0 Å². The molecule has 0 aliphatic rings. The Labute approximate surface area is 129 Å². The number of benzene rings is 3. The molecular weight excluding hydrogens is 272 g/mol. The second kappa shape index (κ2) is 6.02. The van der Waals surface area contributed by atoms with Crippen molar-refractivity contribution in [3.8, 4) is 0 Å². The van der Waals surface area contributed by atoms with Gasteiger partial charge in [0.05, 0.1) is 0 Å².